The first-order valence-corrected chi connectivity index (χ1v) is 22.6. The third kappa shape index (κ3) is 10.2. The van der Waals surface area contributed by atoms with Crippen LogP contribution in [0.25, 0.3) is 0 Å². The monoisotopic (exact) mass is 960 g/mol. The van der Waals surface area contributed by atoms with Gasteiger partial charge in [0.05, 0.1) is 55.5 Å². The van der Waals surface area contributed by atoms with Gasteiger partial charge in [0, 0.05) is 49.9 Å². The highest BCUT2D eigenvalue weighted by Crippen LogP contribution is 2.47. The van der Waals surface area contributed by atoms with Gasteiger partial charge >= 0.3 is 11.9 Å². The highest BCUT2D eigenvalue weighted by atomic mass is 35.5. The number of nitrogens with one attached hydrogen (secondary N) is 4. The van der Waals surface area contributed by atoms with Gasteiger partial charge in [0.2, 0.25) is 0 Å². The largest absolute Gasteiger partial charge is 0.478 e. The molecule has 2 amide bonds. The van der Waals surface area contributed by atoms with Crippen LogP contribution in [0.15, 0.2) is 122 Å². The molecule has 0 radical (unpaired) electrons. The van der Waals surface area contributed by atoms with Crippen molar-refractivity contribution >= 4 is 70.0 Å². The van der Waals surface area contributed by atoms with Crippen LogP contribution in [0, 0.1) is 11.6 Å². The molecule has 4 aromatic carbocycles. The van der Waals surface area contributed by atoms with E-state index in [9.17, 15) is 28.0 Å². The first-order chi connectivity index (χ1) is 32.7. The van der Waals surface area contributed by atoms with Crippen molar-refractivity contribution in [1.29, 1.82) is 0 Å². The Morgan fingerprint density at radius 2 is 0.985 bits per heavy atom. The van der Waals surface area contributed by atoms with Crippen molar-refractivity contribution in [2.45, 2.75) is 48.8 Å². The molecular formula is C50H44Cl2F2N8O6. The summed E-state index contributed by atoms with van der Waals surface area (Å²) in [5.74, 6) is -2.04. The molecule has 6 N–H and O–H groups in total. The quantitative estimate of drug-likeness (QED) is 0.0611. The number of carboxylic acid groups (broad SMARTS) is 2. The van der Waals surface area contributed by atoms with Gasteiger partial charge in [0.1, 0.15) is 23.3 Å². The molecule has 4 aliphatic rings. The first kappa shape index (κ1) is 45.8. The topological polar surface area (TPSA) is 189 Å². The Labute approximate surface area is 399 Å². The van der Waals surface area contributed by atoms with Crippen LogP contribution in [0.2, 0.25) is 10.0 Å². The van der Waals surface area contributed by atoms with Crippen LogP contribution in [0.3, 0.4) is 0 Å². The van der Waals surface area contributed by atoms with E-state index < -0.39 is 23.0 Å². The molecule has 6 aromatic rings. The SMILES string of the molecule is O=C(O)c1ccc(C2(NC(=O)c3cc(Cl)cnc3N3CC(Nc4ccc(F)cc4)C3)CC2)cc1.O=C(O)c1ccc(C2(NC(=O)c3cc(Cl)cnc3N3CC(Nc4cccc(F)c4)C3)CC2)cc1. The minimum absolute atomic E-state index is 0.0951. The Morgan fingerprint density at radius 1 is 0.559 bits per heavy atom. The fraction of sp³-hybridized carbons (Fsp3) is 0.240. The molecule has 2 aliphatic carbocycles. The number of hydrogen-bond acceptors (Lipinski definition) is 10. The number of anilines is 4. The van der Waals surface area contributed by atoms with Gasteiger partial charge < -0.3 is 41.3 Å². The fourth-order valence-corrected chi connectivity index (χ4v) is 8.75. The molecule has 2 aromatic heterocycles. The van der Waals surface area contributed by atoms with Crippen molar-refractivity contribution in [3.8, 4) is 0 Å². The third-order valence-corrected chi connectivity index (χ3v) is 12.9. The van der Waals surface area contributed by atoms with Crippen molar-refractivity contribution in [3.63, 3.8) is 0 Å². The zero-order valence-electron chi connectivity index (χ0n) is 36.2. The summed E-state index contributed by atoms with van der Waals surface area (Å²) < 4.78 is 26.6. The number of rotatable bonds is 14. The van der Waals surface area contributed by atoms with Crippen LogP contribution in [-0.2, 0) is 11.1 Å². The third-order valence-electron chi connectivity index (χ3n) is 12.5. The maximum Gasteiger partial charge on any atom is 0.335 e. The molecule has 18 heteroatoms. The van der Waals surface area contributed by atoms with Gasteiger partial charge in [-0.25, -0.2) is 28.3 Å². The normalized spacial score (nSPS) is 16.5. The lowest BCUT2D eigenvalue weighted by Crippen LogP contribution is -2.55. The standard InChI is InChI=1S/2C25H22ClFN4O3/c26-17-11-21(23(32)30-25(9-10-25)16-3-1-15(2-4-16)24(33)34)22(28-12-17)31-13-20(14-31)29-19-7-5-18(27)6-8-19;26-17-10-21(23(32)30-25(8-9-25)16-6-4-15(5-7-16)24(33)34)22(28-12-17)31-13-20(14-31)29-19-3-1-2-18(27)11-19/h1-8,11-12,20,29H,9-10,13-14H2,(H,30,32)(H,33,34);1-7,10-12,20,29H,8-9,13-14H2,(H,30,32)(H,33,34). The minimum Gasteiger partial charge on any atom is -0.478 e. The van der Waals surface area contributed by atoms with Crippen molar-refractivity contribution in [2.75, 3.05) is 46.6 Å². The van der Waals surface area contributed by atoms with Crippen molar-refractivity contribution in [3.05, 3.63) is 177 Å². The average molecular weight is 962 g/mol. The molecule has 4 heterocycles. The Morgan fingerprint density at radius 3 is 1.38 bits per heavy atom. The Balaban J connectivity index is 0.000000170. The predicted octanol–water partition coefficient (Wildman–Crippen LogP) is 8.58. The second-order valence-electron chi connectivity index (χ2n) is 17.4. The molecule has 0 atom stereocenters. The van der Waals surface area contributed by atoms with Gasteiger partial charge in [0.25, 0.3) is 11.8 Å². The summed E-state index contributed by atoms with van der Waals surface area (Å²) in [5.41, 5.74) is 3.40. The lowest BCUT2D eigenvalue weighted by atomic mass is 10.0. The zero-order valence-corrected chi connectivity index (χ0v) is 37.7. The number of aromatic nitrogens is 2. The molecule has 2 saturated carbocycles. The van der Waals surface area contributed by atoms with Crippen LogP contribution >= 0.6 is 23.2 Å². The van der Waals surface area contributed by atoms with Gasteiger partial charge in [-0.15, -0.1) is 0 Å². The molecule has 68 heavy (non-hydrogen) atoms. The number of carbonyl (C=O) groups is 4. The highest BCUT2D eigenvalue weighted by Gasteiger charge is 2.47. The number of carboxylic acids is 2. The van der Waals surface area contributed by atoms with E-state index in [1.807, 2.05) is 15.9 Å². The lowest BCUT2D eigenvalue weighted by Gasteiger charge is -2.41. The van der Waals surface area contributed by atoms with E-state index in [-0.39, 0.29) is 46.7 Å². The number of amides is 2. The molecule has 10 rings (SSSR count). The van der Waals surface area contributed by atoms with Gasteiger partial charge in [-0.05, 0) is 116 Å². The lowest BCUT2D eigenvalue weighted by molar-refractivity contribution is 0.0686. The van der Waals surface area contributed by atoms with Crippen LogP contribution in [0.4, 0.5) is 31.8 Å². The summed E-state index contributed by atoms with van der Waals surface area (Å²) in [5, 5.41) is 31.8. The Bertz CT molecular complexity index is 2890. The summed E-state index contributed by atoms with van der Waals surface area (Å²) in [6.07, 6.45) is 6.09. The van der Waals surface area contributed by atoms with E-state index in [1.165, 1.54) is 36.7 Å². The van der Waals surface area contributed by atoms with Gasteiger partial charge in [-0.1, -0.05) is 53.5 Å². The molecule has 0 bridgehead atoms. The molecular weight excluding hydrogens is 918 g/mol. The summed E-state index contributed by atoms with van der Waals surface area (Å²) in [6, 6.07) is 29.1. The van der Waals surface area contributed by atoms with E-state index in [4.69, 9.17) is 33.4 Å². The van der Waals surface area contributed by atoms with E-state index in [0.717, 1.165) is 42.5 Å². The minimum atomic E-state index is -0.991. The van der Waals surface area contributed by atoms with Crippen molar-refractivity contribution < 1.29 is 38.2 Å². The van der Waals surface area contributed by atoms with Gasteiger partial charge in [0.15, 0.2) is 0 Å². The number of aromatic carboxylic acids is 2. The predicted molar refractivity (Wildman–Crippen MR) is 254 cm³/mol. The van der Waals surface area contributed by atoms with Crippen LogP contribution in [0.5, 0.6) is 0 Å². The molecule has 348 valence electrons. The van der Waals surface area contributed by atoms with Crippen LogP contribution < -0.4 is 31.1 Å². The number of hydrogen-bond donors (Lipinski definition) is 6. The van der Waals surface area contributed by atoms with Crippen molar-refractivity contribution in [2.24, 2.45) is 0 Å². The van der Waals surface area contributed by atoms with Crippen molar-refractivity contribution in [1.82, 2.24) is 20.6 Å². The van der Waals surface area contributed by atoms with E-state index in [0.29, 0.717) is 64.7 Å². The summed E-state index contributed by atoms with van der Waals surface area (Å²) in [6.45, 7) is 2.47. The molecule has 4 fully saturated rings. The second-order valence-corrected chi connectivity index (χ2v) is 18.3. The average Bonchev–Trinajstić information content (AvgIpc) is 4.25. The highest BCUT2D eigenvalue weighted by molar-refractivity contribution is 6.31. The van der Waals surface area contributed by atoms with E-state index in [1.54, 1.807) is 78.9 Å². The maximum atomic E-state index is 13.4. The van der Waals surface area contributed by atoms with Crippen LogP contribution in [-0.4, -0.2) is 82.2 Å². The molecule has 2 saturated heterocycles. The fourth-order valence-electron chi connectivity index (χ4n) is 8.44. The first-order valence-electron chi connectivity index (χ1n) is 21.8. The number of pyridine rings is 2. The zero-order chi connectivity index (χ0) is 47.7. The molecule has 2 aliphatic heterocycles. The van der Waals surface area contributed by atoms with E-state index in [2.05, 4.69) is 31.2 Å². The van der Waals surface area contributed by atoms with Gasteiger partial charge in [-0.3, -0.25) is 9.59 Å². The molecule has 14 nitrogen and oxygen atoms in total. The molecule has 0 spiro atoms. The summed E-state index contributed by atoms with van der Waals surface area (Å²) in [4.78, 5) is 61.6. The molecule has 0 unspecified atom stereocenters. The smallest absolute Gasteiger partial charge is 0.335 e. The summed E-state index contributed by atoms with van der Waals surface area (Å²) in [7, 11) is 0. The second kappa shape index (κ2) is 18.8. The number of carbonyl (C=O) groups excluding carboxylic acids is 2. The van der Waals surface area contributed by atoms with Gasteiger partial charge in [-0.2, -0.15) is 0 Å². The Kier molecular flexibility index (Phi) is 12.6. The van der Waals surface area contributed by atoms with E-state index >= 15 is 0 Å². The Hall–Kier alpha value is -7.30. The maximum absolute atomic E-state index is 13.4. The number of benzene rings is 4. The summed E-state index contributed by atoms with van der Waals surface area (Å²) >= 11 is 12.3. The number of halogens is 4. The van der Waals surface area contributed by atoms with Crippen LogP contribution in [0.1, 0.15) is 78.2 Å². The number of nitrogens with zero attached hydrogens (tertiary/aromatic N) is 4.